The molecule has 0 N–H and O–H groups in total. The molecule has 1 nitrogen and oxygen atoms in total. The number of aromatic nitrogens is 1. The number of rotatable bonds is 13. The van der Waals surface area contributed by atoms with Gasteiger partial charge < -0.3 is 0 Å². The van der Waals surface area contributed by atoms with Gasteiger partial charge in [0.25, 0.3) is 0 Å². The van der Waals surface area contributed by atoms with Crippen molar-refractivity contribution >= 4 is 46.1 Å². The molecule has 0 aliphatic rings. The van der Waals surface area contributed by atoms with E-state index in [1.54, 1.807) is 3.71 Å². The van der Waals surface area contributed by atoms with Gasteiger partial charge in [-0.05, 0) is 0 Å². The average Bonchev–Trinajstić information content (AvgIpc) is 2.85. The minimum absolute atomic E-state index is 0.626. The summed E-state index contributed by atoms with van der Waals surface area (Å²) in [5, 5.41) is 2.80. The summed E-state index contributed by atoms with van der Waals surface area (Å²) in [6.45, 7) is 7.05. The van der Waals surface area contributed by atoms with Gasteiger partial charge in [-0.3, -0.25) is 0 Å². The Bertz CT molecular complexity index is 851. The van der Waals surface area contributed by atoms with E-state index in [4.69, 9.17) is 4.98 Å². The molecule has 1 aromatic heterocycles. The van der Waals surface area contributed by atoms with Crippen LogP contribution in [0, 0.1) is 0 Å². The van der Waals surface area contributed by atoms with Crippen molar-refractivity contribution in [3.05, 3.63) is 78.9 Å². The Labute approximate surface area is 201 Å². The summed E-state index contributed by atoms with van der Waals surface area (Å²) in [4.78, 5) is 5.58. The van der Waals surface area contributed by atoms with E-state index in [0.717, 1.165) is 0 Å². The second-order valence-corrected chi connectivity index (χ2v) is 24.2. The first-order valence-electron chi connectivity index (χ1n) is 12.6. The van der Waals surface area contributed by atoms with Crippen LogP contribution in [0.3, 0.4) is 0 Å². The van der Waals surface area contributed by atoms with E-state index >= 15 is 0 Å². The third-order valence-electron chi connectivity index (χ3n) is 6.56. The molecule has 170 valence electrons. The van der Waals surface area contributed by atoms with Crippen LogP contribution >= 0.6 is 7.92 Å². The molecule has 32 heavy (non-hydrogen) atoms. The van der Waals surface area contributed by atoms with Gasteiger partial charge in [0.1, 0.15) is 0 Å². The summed E-state index contributed by atoms with van der Waals surface area (Å²) in [5.74, 6) is 0. The molecule has 0 saturated heterocycles. The molecule has 0 saturated carbocycles. The maximum absolute atomic E-state index is 5.58. The number of hydrogen-bond acceptors (Lipinski definition) is 1. The third-order valence-corrected chi connectivity index (χ3v) is 24.0. The molecule has 3 aromatic rings. The van der Waals surface area contributed by atoms with Crippen molar-refractivity contribution in [2.75, 3.05) is 0 Å². The molecule has 0 spiro atoms. The van der Waals surface area contributed by atoms with E-state index in [1.807, 2.05) is 0 Å². The summed E-state index contributed by atoms with van der Waals surface area (Å²) in [5.41, 5.74) is 1.29. The van der Waals surface area contributed by atoms with Crippen LogP contribution < -0.4 is 19.8 Å². The first-order chi connectivity index (χ1) is 15.7. The summed E-state index contributed by atoms with van der Waals surface area (Å²) in [6.07, 6.45) is 8.04. The van der Waals surface area contributed by atoms with Crippen molar-refractivity contribution in [2.45, 2.75) is 72.6 Å². The molecular weight excluding hydrogens is 512 g/mol. The average molecular weight is 552 g/mol. The van der Waals surface area contributed by atoms with E-state index in [9.17, 15) is 0 Å². The predicted molar refractivity (Wildman–Crippen MR) is 147 cm³/mol. The van der Waals surface area contributed by atoms with Gasteiger partial charge in [-0.15, -0.1) is 0 Å². The molecule has 1 heterocycles. The second kappa shape index (κ2) is 13.5. The van der Waals surface area contributed by atoms with Gasteiger partial charge in [0.2, 0.25) is 0 Å². The fraction of sp³-hybridized carbons (Fsp3) is 0.414. The molecule has 0 amide bonds. The van der Waals surface area contributed by atoms with Crippen molar-refractivity contribution in [1.82, 2.24) is 4.98 Å². The van der Waals surface area contributed by atoms with Gasteiger partial charge in [0, 0.05) is 0 Å². The fourth-order valence-corrected chi connectivity index (χ4v) is 22.7. The zero-order chi connectivity index (χ0) is 22.7. The Hall–Kier alpha value is -1.18. The van der Waals surface area contributed by atoms with Crippen LogP contribution in [0.5, 0.6) is 0 Å². The summed E-state index contributed by atoms with van der Waals surface area (Å²) >= 11 is -2.55. The molecule has 0 atom stereocenters. The zero-order valence-corrected chi connectivity index (χ0v) is 24.0. The van der Waals surface area contributed by atoms with Crippen molar-refractivity contribution < 1.29 is 0 Å². The van der Waals surface area contributed by atoms with Gasteiger partial charge >= 0.3 is 203 Å². The Morgan fingerprint density at radius 2 is 1.06 bits per heavy atom. The molecule has 3 heteroatoms. The molecule has 0 radical (unpaired) electrons. The monoisotopic (exact) mass is 553 g/mol. The molecule has 0 aliphatic heterocycles. The molecule has 0 bridgehead atoms. The Kier molecular flexibility index (Phi) is 10.7. The van der Waals surface area contributed by atoms with Crippen LogP contribution in [0.2, 0.25) is 13.3 Å². The maximum atomic E-state index is 5.58. The Morgan fingerprint density at radius 3 is 1.50 bits per heavy atom. The van der Waals surface area contributed by atoms with Crippen LogP contribution in [0.4, 0.5) is 0 Å². The van der Waals surface area contributed by atoms with Crippen LogP contribution in [0.1, 0.15) is 59.3 Å². The van der Waals surface area contributed by atoms with Gasteiger partial charge in [-0.25, -0.2) is 0 Å². The van der Waals surface area contributed by atoms with E-state index in [1.165, 1.54) is 67.9 Å². The first kappa shape index (κ1) is 25.4. The molecule has 0 aliphatic carbocycles. The third kappa shape index (κ3) is 6.67. The number of pyridine rings is 1. The van der Waals surface area contributed by atoms with Crippen LogP contribution in [-0.2, 0) is 0 Å². The van der Waals surface area contributed by atoms with Crippen molar-refractivity contribution in [2.24, 2.45) is 0 Å². The summed E-state index contributed by atoms with van der Waals surface area (Å²) in [7, 11) is -0.626. The van der Waals surface area contributed by atoms with Crippen molar-refractivity contribution in [3.63, 3.8) is 0 Å². The van der Waals surface area contributed by atoms with E-state index in [2.05, 4.69) is 99.6 Å². The SMILES string of the molecule is CCC[CH2][Sn]([CH2]CCC)([CH2]CCC)[c]1cccc(P(c2ccccc2)c2ccccc2)n1. The second-order valence-electron chi connectivity index (χ2n) is 8.98. The van der Waals surface area contributed by atoms with Gasteiger partial charge in [-0.2, -0.15) is 0 Å². The fourth-order valence-electron chi connectivity index (χ4n) is 4.72. The molecule has 3 rings (SSSR count). The minimum atomic E-state index is -2.55. The van der Waals surface area contributed by atoms with Gasteiger partial charge in [0.15, 0.2) is 0 Å². The van der Waals surface area contributed by atoms with Crippen LogP contribution in [0.25, 0.3) is 0 Å². The van der Waals surface area contributed by atoms with E-state index in [-0.39, 0.29) is 0 Å². The normalized spacial score (nSPS) is 11.8. The number of hydrogen-bond donors (Lipinski definition) is 0. The topological polar surface area (TPSA) is 12.9 Å². The van der Waals surface area contributed by atoms with Gasteiger partial charge in [0.05, 0.1) is 0 Å². The number of unbranched alkanes of at least 4 members (excludes halogenated alkanes) is 3. The number of nitrogens with zero attached hydrogens (tertiary/aromatic N) is 1. The quantitative estimate of drug-likeness (QED) is 0.166. The van der Waals surface area contributed by atoms with Crippen LogP contribution in [-0.4, -0.2) is 23.4 Å². The molecule has 0 fully saturated rings. The summed E-state index contributed by atoms with van der Waals surface area (Å²) < 4.78 is 5.95. The van der Waals surface area contributed by atoms with Crippen LogP contribution in [0.15, 0.2) is 78.9 Å². The van der Waals surface area contributed by atoms with Crippen molar-refractivity contribution in [1.29, 1.82) is 0 Å². The first-order valence-corrected chi connectivity index (χ1v) is 21.4. The standard InChI is InChI=1S/C17H13NP.3C4H9.Sn/c1-3-9-15(10-4-1)19(16-11-5-2-6-12-16)17-13-7-8-14-18-17;3*1-3-4-2;/h1-13H;3*1,3-4H2,2H3;. The van der Waals surface area contributed by atoms with Gasteiger partial charge in [-0.1, -0.05) is 0 Å². The Balaban J connectivity index is 2.08. The van der Waals surface area contributed by atoms with Crippen molar-refractivity contribution in [3.8, 4) is 0 Å². The van der Waals surface area contributed by atoms with E-state index in [0.29, 0.717) is 0 Å². The molecular formula is C29H40NPSn. The summed E-state index contributed by atoms with van der Waals surface area (Å²) in [6, 6.07) is 29.1. The predicted octanol–water partition coefficient (Wildman–Crippen LogP) is 6.90. The molecule has 0 unspecified atom stereocenters. The molecule has 2 aromatic carbocycles. The number of benzene rings is 2. The van der Waals surface area contributed by atoms with E-state index < -0.39 is 26.3 Å². The Morgan fingerprint density at radius 1 is 0.594 bits per heavy atom. The zero-order valence-electron chi connectivity index (χ0n) is 20.3.